The van der Waals surface area contributed by atoms with Gasteiger partial charge in [-0.1, -0.05) is 34.1 Å². The van der Waals surface area contributed by atoms with Crippen LogP contribution in [0.25, 0.3) is 0 Å². The van der Waals surface area contributed by atoms with E-state index in [9.17, 15) is 14.3 Å². The van der Waals surface area contributed by atoms with Gasteiger partial charge in [-0.25, -0.2) is 9.18 Å². The molecule has 2 N–H and O–H groups in total. The predicted molar refractivity (Wildman–Crippen MR) is 112 cm³/mol. The van der Waals surface area contributed by atoms with Crippen molar-refractivity contribution >= 4 is 27.6 Å². The first-order chi connectivity index (χ1) is 14.0. The van der Waals surface area contributed by atoms with Crippen LogP contribution in [-0.4, -0.2) is 18.2 Å². The van der Waals surface area contributed by atoms with Gasteiger partial charge in [-0.2, -0.15) is 0 Å². The monoisotopic (exact) mass is 459 g/mol. The van der Waals surface area contributed by atoms with E-state index in [2.05, 4.69) is 21.2 Å². The number of methoxy groups -OCH3 is 1. The topological polar surface area (TPSA) is 67.8 Å². The van der Waals surface area contributed by atoms with Gasteiger partial charge >= 0.3 is 5.97 Å². The molecule has 0 saturated heterocycles. The summed E-state index contributed by atoms with van der Waals surface area (Å²) in [5, 5.41) is 12.4. The number of nitrogens with one attached hydrogen (secondary N) is 1. The Morgan fingerprint density at radius 1 is 1.07 bits per heavy atom. The number of ether oxygens (including phenoxy) is 2. The molecule has 0 heterocycles. The van der Waals surface area contributed by atoms with E-state index in [0.29, 0.717) is 29.3 Å². The molecule has 0 bridgehead atoms. The molecule has 3 rings (SSSR count). The number of benzene rings is 3. The summed E-state index contributed by atoms with van der Waals surface area (Å²) in [5.41, 5.74) is 1.98. The summed E-state index contributed by atoms with van der Waals surface area (Å²) in [5.74, 6) is -0.220. The Kier molecular flexibility index (Phi) is 6.72. The molecule has 29 heavy (non-hydrogen) atoms. The maximum atomic E-state index is 13.9. The Morgan fingerprint density at radius 2 is 1.83 bits per heavy atom. The fraction of sp³-hybridized carbons (Fsp3) is 0.136. The molecule has 0 spiro atoms. The van der Waals surface area contributed by atoms with Crippen LogP contribution in [0.15, 0.2) is 65.1 Å². The van der Waals surface area contributed by atoms with E-state index in [0.717, 1.165) is 10.0 Å². The lowest BCUT2D eigenvalue weighted by molar-refractivity contribution is 0.0697. The van der Waals surface area contributed by atoms with Crippen LogP contribution in [-0.2, 0) is 13.2 Å². The van der Waals surface area contributed by atoms with Gasteiger partial charge in [0.15, 0.2) is 0 Å². The molecule has 3 aromatic carbocycles. The molecule has 0 aliphatic carbocycles. The Balaban J connectivity index is 1.79. The third kappa shape index (κ3) is 5.26. The number of aromatic carboxylic acids is 1. The zero-order chi connectivity index (χ0) is 20.8. The van der Waals surface area contributed by atoms with Crippen molar-refractivity contribution in [3.05, 3.63) is 87.6 Å². The summed E-state index contributed by atoms with van der Waals surface area (Å²) in [6, 6.07) is 16.6. The van der Waals surface area contributed by atoms with Crippen molar-refractivity contribution in [3.63, 3.8) is 0 Å². The normalized spacial score (nSPS) is 10.4. The SMILES string of the molecule is COc1ccc(C(=O)O)cc1NCc1cc(Br)ccc1OCc1ccccc1F. The Hall–Kier alpha value is -3.06. The minimum atomic E-state index is -1.02. The lowest BCUT2D eigenvalue weighted by atomic mass is 10.1. The van der Waals surface area contributed by atoms with Crippen LogP contribution >= 0.6 is 15.9 Å². The number of hydrogen-bond acceptors (Lipinski definition) is 4. The van der Waals surface area contributed by atoms with Gasteiger partial charge in [-0.3, -0.25) is 0 Å². The molecule has 0 aliphatic heterocycles. The number of halogens is 2. The van der Waals surface area contributed by atoms with Crippen LogP contribution in [0.5, 0.6) is 11.5 Å². The molecule has 5 nitrogen and oxygen atoms in total. The highest BCUT2D eigenvalue weighted by Gasteiger charge is 2.11. The third-order valence-corrected chi connectivity index (χ3v) is 4.77. The second-order valence-electron chi connectivity index (χ2n) is 6.21. The standard InChI is InChI=1S/C22H19BrFNO4/c1-28-21-8-6-14(22(26)27)11-19(21)25-12-16-10-17(23)7-9-20(16)29-13-15-4-2-3-5-18(15)24/h2-11,25H,12-13H2,1H3,(H,26,27). The van der Waals surface area contributed by atoms with Crippen LogP contribution in [0.4, 0.5) is 10.1 Å². The highest BCUT2D eigenvalue weighted by molar-refractivity contribution is 9.10. The molecule has 0 radical (unpaired) electrons. The van der Waals surface area contributed by atoms with E-state index < -0.39 is 5.97 Å². The number of carboxylic acid groups (broad SMARTS) is 1. The molecule has 150 valence electrons. The zero-order valence-corrected chi connectivity index (χ0v) is 17.2. The molecular formula is C22H19BrFNO4. The highest BCUT2D eigenvalue weighted by atomic mass is 79.9. The smallest absolute Gasteiger partial charge is 0.335 e. The molecule has 0 aliphatic rings. The maximum Gasteiger partial charge on any atom is 0.335 e. The molecule has 0 fully saturated rings. The van der Waals surface area contributed by atoms with Gasteiger partial charge in [-0.05, 0) is 42.5 Å². The Labute approximate surface area is 176 Å². The second-order valence-corrected chi connectivity index (χ2v) is 7.12. The maximum absolute atomic E-state index is 13.9. The van der Waals surface area contributed by atoms with Crippen LogP contribution in [0, 0.1) is 5.82 Å². The fourth-order valence-corrected chi connectivity index (χ4v) is 3.18. The van der Waals surface area contributed by atoms with Gasteiger partial charge < -0.3 is 19.9 Å². The van der Waals surface area contributed by atoms with Gasteiger partial charge in [0.25, 0.3) is 0 Å². The second kappa shape index (κ2) is 9.43. The quantitative estimate of drug-likeness (QED) is 0.466. The van der Waals surface area contributed by atoms with Crippen LogP contribution in [0.1, 0.15) is 21.5 Å². The zero-order valence-electron chi connectivity index (χ0n) is 15.6. The van der Waals surface area contributed by atoms with Gasteiger partial charge in [0.2, 0.25) is 0 Å². The van der Waals surface area contributed by atoms with E-state index in [-0.39, 0.29) is 18.0 Å². The van der Waals surface area contributed by atoms with E-state index in [1.54, 1.807) is 30.3 Å². The minimum Gasteiger partial charge on any atom is -0.495 e. The van der Waals surface area contributed by atoms with Crippen molar-refractivity contribution in [2.45, 2.75) is 13.2 Å². The number of rotatable bonds is 8. The van der Waals surface area contributed by atoms with Crippen molar-refractivity contribution in [1.29, 1.82) is 0 Å². The molecule has 0 saturated carbocycles. The average molecular weight is 460 g/mol. The van der Waals surface area contributed by atoms with Gasteiger partial charge in [0, 0.05) is 22.1 Å². The van der Waals surface area contributed by atoms with Gasteiger partial charge in [0.05, 0.1) is 18.4 Å². The molecule has 0 unspecified atom stereocenters. The van der Waals surface area contributed by atoms with Crippen molar-refractivity contribution in [2.75, 3.05) is 12.4 Å². The average Bonchev–Trinajstić information content (AvgIpc) is 2.72. The minimum absolute atomic E-state index is 0.0964. The first kappa shape index (κ1) is 20.7. The first-order valence-corrected chi connectivity index (χ1v) is 9.57. The summed E-state index contributed by atoms with van der Waals surface area (Å²) in [4.78, 5) is 11.2. The summed E-state index contributed by atoms with van der Waals surface area (Å²) in [6.07, 6.45) is 0. The van der Waals surface area contributed by atoms with E-state index >= 15 is 0 Å². The van der Waals surface area contributed by atoms with Crippen LogP contribution in [0.2, 0.25) is 0 Å². The number of carboxylic acids is 1. The number of hydrogen-bond donors (Lipinski definition) is 2. The van der Waals surface area contributed by atoms with Gasteiger partial charge in [0.1, 0.15) is 23.9 Å². The summed E-state index contributed by atoms with van der Waals surface area (Å²) in [7, 11) is 1.52. The highest BCUT2D eigenvalue weighted by Crippen LogP contribution is 2.29. The van der Waals surface area contributed by atoms with Crippen molar-refractivity contribution in [1.82, 2.24) is 0 Å². The molecule has 0 amide bonds. The molecule has 3 aromatic rings. The molecule has 7 heteroatoms. The third-order valence-electron chi connectivity index (χ3n) is 4.28. The lowest BCUT2D eigenvalue weighted by Gasteiger charge is -2.15. The molecule has 0 atom stereocenters. The number of anilines is 1. The number of carbonyl (C=O) groups is 1. The fourth-order valence-electron chi connectivity index (χ4n) is 2.77. The van der Waals surface area contributed by atoms with E-state index in [1.165, 1.54) is 25.3 Å². The van der Waals surface area contributed by atoms with E-state index in [4.69, 9.17) is 9.47 Å². The van der Waals surface area contributed by atoms with Crippen molar-refractivity contribution in [2.24, 2.45) is 0 Å². The summed E-state index contributed by atoms with van der Waals surface area (Å²) >= 11 is 3.44. The lowest BCUT2D eigenvalue weighted by Crippen LogP contribution is -2.06. The van der Waals surface area contributed by atoms with Gasteiger partial charge in [-0.15, -0.1) is 0 Å². The summed E-state index contributed by atoms with van der Waals surface area (Å²) < 4.78 is 25.9. The van der Waals surface area contributed by atoms with Crippen LogP contribution < -0.4 is 14.8 Å². The molecular weight excluding hydrogens is 441 g/mol. The Morgan fingerprint density at radius 3 is 2.55 bits per heavy atom. The van der Waals surface area contributed by atoms with Crippen LogP contribution in [0.3, 0.4) is 0 Å². The van der Waals surface area contributed by atoms with Crippen molar-refractivity contribution in [3.8, 4) is 11.5 Å². The summed E-state index contributed by atoms with van der Waals surface area (Å²) in [6.45, 7) is 0.449. The Bertz CT molecular complexity index is 1030. The first-order valence-electron chi connectivity index (χ1n) is 8.77. The largest absolute Gasteiger partial charge is 0.495 e. The predicted octanol–water partition coefficient (Wildman–Crippen LogP) is 5.49. The van der Waals surface area contributed by atoms with Crippen molar-refractivity contribution < 1.29 is 23.8 Å². The van der Waals surface area contributed by atoms with E-state index in [1.807, 2.05) is 12.1 Å². The molecule has 0 aromatic heterocycles.